The molecular formula is C17H33N3O. The predicted octanol–water partition coefficient (Wildman–Crippen LogP) is 2.27. The summed E-state index contributed by atoms with van der Waals surface area (Å²) >= 11 is 0. The van der Waals surface area contributed by atoms with E-state index >= 15 is 0 Å². The molecule has 2 aliphatic carbocycles. The van der Waals surface area contributed by atoms with Crippen molar-refractivity contribution in [1.82, 2.24) is 10.2 Å². The molecule has 2 rings (SSSR count). The van der Waals surface area contributed by atoms with E-state index in [4.69, 9.17) is 5.73 Å². The maximum Gasteiger partial charge on any atom is 0.220 e. The van der Waals surface area contributed by atoms with Crippen molar-refractivity contribution in [2.45, 2.75) is 76.3 Å². The SMILES string of the molecule is CN(CCNC(=O)CCC1CCC(N)CC1)C1CCCC1. The molecule has 3 N–H and O–H groups in total. The minimum absolute atomic E-state index is 0.227. The van der Waals surface area contributed by atoms with Gasteiger partial charge in [0.2, 0.25) is 5.91 Å². The largest absolute Gasteiger partial charge is 0.355 e. The van der Waals surface area contributed by atoms with Crippen LogP contribution in [-0.2, 0) is 4.79 Å². The highest BCUT2D eigenvalue weighted by Crippen LogP contribution is 2.26. The molecule has 0 aromatic heterocycles. The van der Waals surface area contributed by atoms with Crippen LogP contribution in [0.1, 0.15) is 64.2 Å². The van der Waals surface area contributed by atoms with Gasteiger partial charge in [0.05, 0.1) is 0 Å². The first-order chi connectivity index (χ1) is 10.1. The molecule has 0 atom stereocenters. The molecule has 0 aromatic carbocycles. The number of rotatable bonds is 7. The molecule has 2 saturated carbocycles. The van der Waals surface area contributed by atoms with Crippen LogP contribution in [0.5, 0.6) is 0 Å². The Hall–Kier alpha value is -0.610. The van der Waals surface area contributed by atoms with E-state index in [1.807, 2.05) is 0 Å². The number of hydrogen-bond acceptors (Lipinski definition) is 3. The van der Waals surface area contributed by atoms with Crippen molar-refractivity contribution in [3.05, 3.63) is 0 Å². The molecule has 0 aromatic rings. The number of amides is 1. The van der Waals surface area contributed by atoms with E-state index in [1.165, 1.54) is 38.5 Å². The van der Waals surface area contributed by atoms with E-state index in [-0.39, 0.29) is 5.91 Å². The number of likely N-dealkylation sites (N-methyl/N-ethyl adjacent to an activating group) is 1. The van der Waals surface area contributed by atoms with Gasteiger partial charge in [0.15, 0.2) is 0 Å². The third-order valence-electron chi connectivity index (χ3n) is 5.41. The van der Waals surface area contributed by atoms with E-state index in [9.17, 15) is 4.79 Å². The molecule has 0 spiro atoms. The molecule has 122 valence electrons. The van der Waals surface area contributed by atoms with Gasteiger partial charge >= 0.3 is 0 Å². The summed E-state index contributed by atoms with van der Waals surface area (Å²) < 4.78 is 0. The first-order valence-electron chi connectivity index (χ1n) is 8.87. The highest BCUT2D eigenvalue weighted by Gasteiger charge is 2.20. The van der Waals surface area contributed by atoms with Gasteiger partial charge in [0.1, 0.15) is 0 Å². The lowest BCUT2D eigenvalue weighted by Crippen LogP contribution is -2.37. The highest BCUT2D eigenvalue weighted by molar-refractivity contribution is 5.75. The van der Waals surface area contributed by atoms with E-state index in [0.29, 0.717) is 12.5 Å². The van der Waals surface area contributed by atoms with Gasteiger partial charge in [-0.3, -0.25) is 4.79 Å². The summed E-state index contributed by atoms with van der Waals surface area (Å²) in [6.45, 7) is 1.77. The Bertz CT molecular complexity index is 307. The lowest BCUT2D eigenvalue weighted by molar-refractivity contribution is -0.121. The summed E-state index contributed by atoms with van der Waals surface area (Å²) in [6.07, 6.45) is 11.8. The molecule has 0 bridgehead atoms. The Kier molecular flexibility index (Phi) is 6.97. The molecule has 0 radical (unpaired) electrons. The van der Waals surface area contributed by atoms with Crippen LogP contribution in [0.4, 0.5) is 0 Å². The predicted molar refractivity (Wildman–Crippen MR) is 87.1 cm³/mol. The Morgan fingerprint density at radius 3 is 2.48 bits per heavy atom. The summed E-state index contributed by atoms with van der Waals surface area (Å²) in [7, 11) is 2.19. The molecule has 0 aliphatic heterocycles. The van der Waals surface area contributed by atoms with Gasteiger partial charge in [-0.2, -0.15) is 0 Å². The second-order valence-corrected chi connectivity index (χ2v) is 7.09. The molecule has 4 heteroatoms. The third-order valence-corrected chi connectivity index (χ3v) is 5.41. The molecule has 1 amide bonds. The van der Waals surface area contributed by atoms with E-state index in [0.717, 1.165) is 44.3 Å². The van der Waals surface area contributed by atoms with Crippen molar-refractivity contribution in [3.63, 3.8) is 0 Å². The molecular weight excluding hydrogens is 262 g/mol. The molecule has 2 aliphatic rings. The summed E-state index contributed by atoms with van der Waals surface area (Å²) in [5.74, 6) is 0.946. The summed E-state index contributed by atoms with van der Waals surface area (Å²) in [5, 5.41) is 3.08. The summed E-state index contributed by atoms with van der Waals surface area (Å²) in [6, 6.07) is 1.15. The highest BCUT2D eigenvalue weighted by atomic mass is 16.1. The van der Waals surface area contributed by atoms with Crippen LogP contribution in [-0.4, -0.2) is 43.0 Å². The summed E-state index contributed by atoms with van der Waals surface area (Å²) in [5.41, 5.74) is 5.91. The van der Waals surface area contributed by atoms with Crippen molar-refractivity contribution >= 4 is 5.91 Å². The molecule has 4 nitrogen and oxygen atoms in total. The van der Waals surface area contributed by atoms with Crippen LogP contribution in [0.2, 0.25) is 0 Å². The van der Waals surface area contributed by atoms with Gasteiger partial charge in [0, 0.05) is 31.6 Å². The summed E-state index contributed by atoms with van der Waals surface area (Å²) in [4.78, 5) is 14.3. The molecule has 0 unspecified atom stereocenters. The lowest BCUT2D eigenvalue weighted by Gasteiger charge is -2.26. The van der Waals surface area contributed by atoms with Gasteiger partial charge in [-0.05, 0) is 57.9 Å². The third kappa shape index (κ3) is 5.95. The van der Waals surface area contributed by atoms with Crippen molar-refractivity contribution in [2.24, 2.45) is 11.7 Å². The van der Waals surface area contributed by atoms with Crippen LogP contribution in [0.3, 0.4) is 0 Å². The second-order valence-electron chi connectivity index (χ2n) is 7.09. The number of nitrogens with two attached hydrogens (primary N) is 1. The van der Waals surface area contributed by atoms with E-state index in [2.05, 4.69) is 17.3 Å². The first-order valence-corrected chi connectivity index (χ1v) is 8.87. The zero-order valence-electron chi connectivity index (χ0n) is 13.7. The van der Waals surface area contributed by atoms with E-state index in [1.54, 1.807) is 0 Å². The standard InChI is InChI=1S/C17H33N3O/c1-20(16-4-2-3-5-16)13-12-19-17(21)11-8-14-6-9-15(18)10-7-14/h14-16H,2-13,18H2,1H3,(H,19,21). The van der Waals surface area contributed by atoms with Crippen LogP contribution < -0.4 is 11.1 Å². The average Bonchev–Trinajstić information content (AvgIpc) is 3.01. The van der Waals surface area contributed by atoms with Gasteiger partial charge in [-0.25, -0.2) is 0 Å². The van der Waals surface area contributed by atoms with Crippen LogP contribution in [0.15, 0.2) is 0 Å². The quantitative estimate of drug-likeness (QED) is 0.757. The van der Waals surface area contributed by atoms with Gasteiger partial charge in [-0.1, -0.05) is 12.8 Å². The fraction of sp³-hybridized carbons (Fsp3) is 0.941. The molecule has 0 heterocycles. The average molecular weight is 295 g/mol. The van der Waals surface area contributed by atoms with Crippen molar-refractivity contribution in [1.29, 1.82) is 0 Å². The minimum atomic E-state index is 0.227. The van der Waals surface area contributed by atoms with Crippen LogP contribution >= 0.6 is 0 Å². The number of carbonyl (C=O) groups excluding carboxylic acids is 1. The fourth-order valence-corrected chi connectivity index (χ4v) is 3.80. The topological polar surface area (TPSA) is 58.4 Å². The first kappa shape index (κ1) is 16.8. The Morgan fingerprint density at radius 2 is 1.81 bits per heavy atom. The second kappa shape index (κ2) is 8.74. The van der Waals surface area contributed by atoms with Crippen molar-refractivity contribution in [2.75, 3.05) is 20.1 Å². The number of carbonyl (C=O) groups is 1. The van der Waals surface area contributed by atoms with Gasteiger partial charge < -0.3 is 16.0 Å². The van der Waals surface area contributed by atoms with Crippen LogP contribution in [0, 0.1) is 5.92 Å². The molecule has 0 saturated heterocycles. The van der Waals surface area contributed by atoms with Crippen molar-refractivity contribution in [3.8, 4) is 0 Å². The van der Waals surface area contributed by atoms with Crippen molar-refractivity contribution < 1.29 is 4.79 Å². The van der Waals surface area contributed by atoms with Crippen LogP contribution in [0.25, 0.3) is 0 Å². The van der Waals surface area contributed by atoms with Gasteiger partial charge in [-0.15, -0.1) is 0 Å². The number of nitrogens with one attached hydrogen (secondary N) is 1. The normalized spacial score (nSPS) is 27.2. The maximum atomic E-state index is 11.9. The number of nitrogens with zero attached hydrogens (tertiary/aromatic N) is 1. The zero-order valence-corrected chi connectivity index (χ0v) is 13.7. The molecule has 2 fully saturated rings. The Labute approximate surface area is 129 Å². The Morgan fingerprint density at radius 1 is 1.14 bits per heavy atom. The molecule has 21 heavy (non-hydrogen) atoms. The number of hydrogen-bond donors (Lipinski definition) is 2. The van der Waals surface area contributed by atoms with Gasteiger partial charge in [0.25, 0.3) is 0 Å². The monoisotopic (exact) mass is 295 g/mol. The maximum absolute atomic E-state index is 11.9. The smallest absolute Gasteiger partial charge is 0.220 e. The zero-order chi connectivity index (χ0) is 15.1. The van der Waals surface area contributed by atoms with E-state index < -0.39 is 0 Å². The minimum Gasteiger partial charge on any atom is -0.355 e. The Balaban J connectivity index is 1.51. The lowest BCUT2D eigenvalue weighted by atomic mass is 9.84. The fourth-order valence-electron chi connectivity index (χ4n) is 3.80.